The third-order valence-corrected chi connectivity index (χ3v) is 2.19. The number of nitrogens with zero attached hydrogens (tertiary/aromatic N) is 2. The Hall–Kier alpha value is -1.09. The molecule has 0 amide bonds. The van der Waals surface area contributed by atoms with Crippen LogP contribution in [0.15, 0.2) is 18.3 Å². The molecule has 3 heteroatoms. The largest absolute Gasteiger partial charge is 0.360 e. The zero-order chi connectivity index (χ0) is 10.4. The van der Waals surface area contributed by atoms with Crippen LogP contribution < -0.4 is 10.6 Å². The van der Waals surface area contributed by atoms with E-state index in [4.69, 9.17) is 5.73 Å². The first-order valence-corrected chi connectivity index (χ1v) is 5.14. The van der Waals surface area contributed by atoms with Crippen LogP contribution in [0, 0.1) is 0 Å². The summed E-state index contributed by atoms with van der Waals surface area (Å²) in [5, 5.41) is 0. The van der Waals surface area contributed by atoms with Gasteiger partial charge in [-0.3, -0.25) is 0 Å². The molecular formula is C11H19N3. The lowest BCUT2D eigenvalue weighted by molar-refractivity contribution is 0.835. The zero-order valence-corrected chi connectivity index (χ0v) is 9.03. The van der Waals surface area contributed by atoms with Crippen molar-refractivity contribution in [2.45, 2.75) is 19.8 Å². The molecule has 0 fully saturated rings. The molecule has 0 spiro atoms. The normalized spacial score (nSPS) is 10.2. The maximum atomic E-state index is 5.47. The van der Waals surface area contributed by atoms with Gasteiger partial charge in [0.2, 0.25) is 0 Å². The zero-order valence-electron chi connectivity index (χ0n) is 9.03. The summed E-state index contributed by atoms with van der Waals surface area (Å²) in [6.45, 7) is 3.90. The van der Waals surface area contributed by atoms with E-state index in [1.165, 1.54) is 5.56 Å². The SMILES string of the molecule is CCCN(C)c1ccc(CCN)cn1. The number of aromatic nitrogens is 1. The number of anilines is 1. The number of hydrogen-bond donors (Lipinski definition) is 1. The van der Waals surface area contributed by atoms with Crippen LogP contribution in [0.25, 0.3) is 0 Å². The Kier molecular flexibility index (Phi) is 4.40. The van der Waals surface area contributed by atoms with E-state index in [2.05, 4.69) is 36.0 Å². The number of hydrogen-bond acceptors (Lipinski definition) is 3. The van der Waals surface area contributed by atoms with Gasteiger partial charge in [-0.05, 0) is 31.0 Å². The molecule has 0 unspecified atom stereocenters. The van der Waals surface area contributed by atoms with Crippen molar-refractivity contribution in [3.8, 4) is 0 Å². The molecule has 3 nitrogen and oxygen atoms in total. The molecule has 14 heavy (non-hydrogen) atoms. The fourth-order valence-electron chi connectivity index (χ4n) is 1.41. The molecule has 1 heterocycles. The average molecular weight is 193 g/mol. The first kappa shape index (κ1) is 11.0. The fraction of sp³-hybridized carbons (Fsp3) is 0.545. The van der Waals surface area contributed by atoms with E-state index in [0.717, 1.165) is 25.2 Å². The molecule has 0 atom stereocenters. The molecule has 0 bridgehead atoms. The molecule has 1 rings (SSSR count). The Labute approximate surface area is 85.9 Å². The van der Waals surface area contributed by atoms with E-state index in [1.807, 2.05) is 6.20 Å². The van der Waals surface area contributed by atoms with Crippen molar-refractivity contribution in [3.63, 3.8) is 0 Å². The van der Waals surface area contributed by atoms with E-state index in [1.54, 1.807) is 0 Å². The second-order valence-corrected chi connectivity index (χ2v) is 3.48. The van der Waals surface area contributed by atoms with E-state index in [9.17, 15) is 0 Å². The van der Waals surface area contributed by atoms with Crippen LogP contribution in [0.1, 0.15) is 18.9 Å². The van der Waals surface area contributed by atoms with Gasteiger partial charge in [-0.2, -0.15) is 0 Å². The highest BCUT2D eigenvalue weighted by atomic mass is 15.2. The Morgan fingerprint density at radius 3 is 2.71 bits per heavy atom. The summed E-state index contributed by atoms with van der Waals surface area (Å²) >= 11 is 0. The lowest BCUT2D eigenvalue weighted by Crippen LogP contribution is -2.18. The standard InChI is InChI=1S/C11H19N3/c1-3-8-14(2)11-5-4-10(6-7-12)9-13-11/h4-5,9H,3,6-8,12H2,1-2H3. The van der Waals surface area contributed by atoms with E-state index in [0.29, 0.717) is 6.54 Å². The van der Waals surface area contributed by atoms with Crippen LogP contribution in [-0.2, 0) is 6.42 Å². The highest BCUT2D eigenvalue weighted by Gasteiger charge is 2.00. The molecule has 78 valence electrons. The van der Waals surface area contributed by atoms with Gasteiger partial charge in [-0.15, -0.1) is 0 Å². The number of pyridine rings is 1. The van der Waals surface area contributed by atoms with E-state index in [-0.39, 0.29) is 0 Å². The van der Waals surface area contributed by atoms with Gasteiger partial charge in [0.25, 0.3) is 0 Å². The highest BCUT2D eigenvalue weighted by Crippen LogP contribution is 2.09. The predicted octanol–water partition coefficient (Wildman–Crippen LogP) is 1.43. The second kappa shape index (κ2) is 5.60. The van der Waals surface area contributed by atoms with Crippen molar-refractivity contribution in [2.75, 3.05) is 25.0 Å². The predicted molar refractivity (Wildman–Crippen MR) is 60.6 cm³/mol. The van der Waals surface area contributed by atoms with Crippen molar-refractivity contribution < 1.29 is 0 Å². The molecule has 2 N–H and O–H groups in total. The maximum absolute atomic E-state index is 5.47. The monoisotopic (exact) mass is 193 g/mol. The van der Waals surface area contributed by atoms with Crippen molar-refractivity contribution in [3.05, 3.63) is 23.9 Å². The van der Waals surface area contributed by atoms with Gasteiger partial charge in [-0.1, -0.05) is 13.0 Å². The first-order valence-electron chi connectivity index (χ1n) is 5.14. The minimum Gasteiger partial charge on any atom is -0.360 e. The summed E-state index contributed by atoms with van der Waals surface area (Å²) in [5.74, 6) is 1.03. The number of rotatable bonds is 5. The van der Waals surface area contributed by atoms with Crippen LogP contribution in [0.5, 0.6) is 0 Å². The molecule has 0 aliphatic heterocycles. The summed E-state index contributed by atoms with van der Waals surface area (Å²) in [6, 6.07) is 4.15. The Morgan fingerprint density at radius 1 is 1.43 bits per heavy atom. The van der Waals surface area contributed by atoms with Gasteiger partial charge in [0.15, 0.2) is 0 Å². The summed E-state index contributed by atoms with van der Waals surface area (Å²) in [7, 11) is 2.06. The number of nitrogens with two attached hydrogens (primary N) is 1. The van der Waals surface area contributed by atoms with Gasteiger partial charge in [0.05, 0.1) is 0 Å². The molecule has 0 saturated heterocycles. The molecule has 1 aromatic heterocycles. The molecule has 0 aromatic carbocycles. The first-order chi connectivity index (χ1) is 6.77. The van der Waals surface area contributed by atoms with Crippen LogP contribution in [0.3, 0.4) is 0 Å². The van der Waals surface area contributed by atoms with Gasteiger partial charge in [-0.25, -0.2) is 4.98 Å². The molecule has 0 aliphatic rings. The fourth-order valence-corrected chi connectivity index (χ4v) is 1.41. The summed E-state index contributed by atoms with van der Waals surface area (Å²) in [4.78, 5) is 6.55. The van der Waals surface area contributed by atoms with Crippen LogP contribution in [0.2, 0.25) is 0 Å². The van der Waals surface area contributed by atoms with E-state index >= 15 is 0 Å². The lowest BCUT2D eigenvalue weighted by Gasteiger charge is -2.16. The van der Waals surface area contributed by atoms with Gasteiger partial charge >= 0.3 is 0 Å². The minimum absolute atomic E-state index is 0.686. The van der Waals surface area contributed by atoms with Crippen LogP contribution in [-0.4, -0.2) is 25.1 Å². The topological polar surface area (TPSA) is 42.1 Å². The smallest absolute Gasteiger partial charge is 0.128 e. The molecule has 1 aromatic rings. The lowest BCUT2D eigenvalue weighted by atomic mass is 10.2. The summed E-state index contributed by atoms with van der Waals surface area (Å²) in [6.07, 6.45) is 3.96. The van der Waals surface area contributed by atoms with Crippen LogP contribution in [0.4, 0.5) is 5.82 Å². The maximum Gasteiger partial charge on any atom is 0.128 e. The Bertz CT molecular complexity index is 256. The van der Waals surface area contributed by atoms with Gasteiger partial charge in [0, 0.05) is 19.8 Å². The van der Waals surface area contributed by atoms with Crippen molar-refractivity contribution >= 4 is 5.82 Å². The van der Waals surface area contributed by atoms with Crippen molar-refractivity contribution in [2.24, 2.45) is 5.73 Å². The minimum atomic E-state index is 0.686. The molecule has 0 aliphatic carbocycles. The summed E-state index contributed by atoms with van der Waals surface area (Å²) < 4.78 is 0. The van der Waals surface area contributed by atoms with Crippen molar-refractivity contribution in [1.29, 1.82) is 0 Å². The second-order valence-electron chi connectivity index (χ2n) is 3.48. The highest BCUT2D eigenvalue weighted by molar-refractivity contribution is 5.38. The van der Waals surface area contributed by atoms with Crippen LogP contribution >= 0.6 is 0 Å². The third-order valence-electron chi connectivity index (χ3n) is 2.19. The Balaban J connectivity index is 2.62. The summed E-state index contributed by atoms with van der Waals surface area (Å²) in [5.41, 5.74) is 6.68. The average Bonchev–Trinajstić information content (AvgIpc) is 2.20. The molecular weight excluding hydrogens is 174 g/mol. The molecule has 0 saturated carbocycles. The Morgan fingerprint density at radius 2 is 2.21 bits per heavy atom. The third kappa shape index (κ3) is 3.00. The quantitative estimate of drug-likeness (QED) is 0.769. The van der Waals surface area contributed by atoms with Gasteiger partial charge < -0.3 is 10.6 Å². The van der Waals surface area contributed by atoms with Crippen molar-refractivity contribution in [1.82, 2.24) is 4.98 Å². The van der Waals surface area contributed by atoms with E-state index < -0.39 is 0 Å². The molecule has 0 radical (unpaired) electrons. The van der Waals surface area contributed by atoms with Gasteiger partial charge in [0.1, 0.15) is 5.82 Å².